The van der Waals surface area contributed by atoms with Gasteiger partial charge in [-0.3, -0.25) is 9.59 Å². The van der Waals surface area contributed by atoms with Gasteiger partial charge in [0.2, 0.25) is 11.8 Å². The summed E-state index contributed by atoms with van der Waals surface area (Å²) in [6.07, 6.45) is 1.50. The summed E-state index contributed by atoms with van der Waals surface area (Å²) in [6, 6.07) is 7.39. The summed E-state index contributed by atoms with van der Waals surface area (Å²) < 4.78 is 5.19. The number of nitrogens with one attached hydrogen (secondary N) is 2. The second-order valence-corrected chi connectivity index (χ2v) is 5.46. The molecule has 2 rings (SSSR count). The zero-order valence-electron chi connectivity index (χ0n) is 12.7. The van der Waals surface area contributed by atoms with Crippen molar-refractivity contribution in [1.82, 2.24) is 5.32 Å². The Hall–Kier alpha value is -2.04. The van der Waals surface area contributed by atoms with Crippen molar-refractivity contribution in [3.05, 3.63) is 24.3 Å². The minimum atomic E-state index is -0.237. The minimum absolute atomic E-state index is 0.0236. The number of amides is 2. The summed E-state index contributed by atoms with van der Waals surface area (Å²) in [5, 5.41) is 5.75. The van der Waals surface area contributed by atoms with Crippen LogP contribution in [-0.4, -0.2) is 25.0 Å². The number of anilines is 1. The second kappa shape index (κ2) is 6.61. The monoisotopic (exact) mass is 290 g/mol. The van der Waals surface area contributed by atoms with Gasteiger partial charge < -0.3 is 15.4 Å². The first-order chi connectivity index (χ1) is 10.1. The quantitative estimate of drug-likeness (QED) is 0.844. The molecule has 0 radical (unpaired) electrons. The number of rotatable bonds is 6. The lowest BCUT2D eigenvalue weighted by Gasteiger charge is -2.11. The third-order valence-corrected chi connectivity index (χ3v) is 3.83. The Morgan fingerprint density at radius 1 is 1.29 bits per heavy atom. The molecule has 1 aromatic carbocycles. The fourth-order valence-electron chi connectivity index (χ4n) is 2.20. The van der Waals surface area contributed by atoms with E-state index in [1.54, 1.807) is 19.2 Å². The number of carbonyl (C=O) groups is 2. The number of hydrogen-bond acceptors (Lipinski definition) is 3. The number of carbonyl (C=O) groups excluding carboxylic acids is 2. The van der Waals surface area contributed by atoms with Crippen molar-refractivity contribution in [2.75, 3.05) is 12.4 Å². The van der Waals surface area contributed by atoms with E-state index < -0.39 is 0 Å². The lowest BCUT2D eigenvalue weighted by atomic mass is 10.2. The van der Waals surface area contributed by atoms with E-state index >= 15 is 0 Å². The van der Waals surface area contributed by atoms with Gasteiger partial charge in [0.05, 0.1) is 24.6 Å². The maximum Gasteiger partial charge on any atom is 0.228 e. The molecule has 0 saturated heterocycles. The van der Waals surface area contributed by atoms with E-state index in [1.807, 2.05) is 26.0 Å². The molecule has 3 unspecified atom stereocenters. The van der Waals surface area contributed by atoms with Gasteiger partial charge in [0.15, 0.2) is 0 Å². The van der Waals surface area contributed by atoms with Gasteiger partial charge in [-0.1, -0.05) is 19.1 Å². The average molecular weight is 290 g/mol. The number of benzene rings is 1. The first-order valence-corrected chi connectivity index (χ1v) is 7.31. The molecule has 5 heteroatoms. The van der Waals surface area contributed by atoms with Crippen LogP contribution < -0.4 is 15.4 Å². The Morgan fingerprint density at radius 3 is 2.62 bits per heavy atom. The molecule has 114 valence electrons. The van der Waals surface area contributed by atoms with Gasteiger partial charge >= 0.3 is 0 Å². The van der Waals surface area contributed by atoms with Crippen molar-refractivity contribution < 1.29 is 14.3 Å². The Kier molecular flexibility index (Phi) is 4.83. The van der Waals surface area contributed by atoms with Gasteiger partial charge in [0, 0.05) is 6.04 Å². The van der Waals surface area contributed by atoms with Gasteiger partial charge in [0.25, 0.3) is 0 Å². The number of ether oxygens (including phenoxy) is 1. The summed E-state index contributed by atoms with van der Waals surface area (Å²) in [7, 11) is 1.56. The topological polar surface area (TPSA) is 67.4 Å². The van der Waals surface area contributed by atoms with Gasteiger partial charge in [-0.25, -0.2) is 0 Å². The van der Waals surface area contributed by atoms with E-state index in [4.69, 9.17) is 4.74 Å². The minimum Gasteiger partial charge on any atom is -0.495 e. The average Bonchev–Trinajstić information content (AvgIpc) is 3.28. The van der Waals surface area contributed by atoms with Gasteiger partial charge in [0.1, 0.15) is 5.75 Å². The Labute approximate surface area is 125 Å². The van der Waals surface area contributed by atoms with E-state index in [1.165, 1.54) is 0 Å². The van der Waals surface area contributed by atoms with Crippen molar-refractivity contribution in [3.8, 4) is 5.75 Å². The summed E-state index contributed by atoms with van der Waals surface area (Å²) in [5.41, 5.74) is 0.637. The predicted octanol–water partition coefficient (Wildman–Crippen LogP) is 2.18. The fraction of sp³-hybridized carbons (Fsp3) is 0.500. The standard InChI is InChI=1S/C16H22N2O3/c1-4-10(2)17-15(19)11-9-12(11)16(20)18-13-7-5-6-8-14(13)21-3/h5-8,10-12H,4,9H2,1-3H3,(H,17,19)(H,18,20). The van der Waals surface area contributed by atoms with Crippen LogP contribution in [0.15, 0.2) is 24.3 Å². The van der Waals surface area contributed by atoms with Crippen LogP contribution in [0.25, 0.3) is 0 Å². The number of para-hydroxylation sites is 2. The molecule has 0 spiro atoms. The first-order valence-electron chi connectivity index (χ1n) is 7.31. The molecule has 0 heterocycles. The molecule has 0 aromatic heterocycles. The lowest BCUT2D eigenvalue weighted by Crippen LogP contribution is -2.34. The van der Waals surface area contributed by atoms with Gasteiger partial charge in [-0.2, -0.15) is 0 Å². The van der Waals surface area contributed by atoms with Crippen LogP contribution in [0, 0.1) is 11.8 Å². The summed E-state index contributed by atoms with van der Waals surface area (Å²) >= 11 is 0. The highest BCUT2D eigenvalue weighted by molar-refractivity contribution is 6.00. The van der Waals surface area contributed by atoms with Crippen LogP contribution in [0.2, 0.25) is 0 Å². The third kappa shape index (κ3) is 3.74. The predicted molar refractivity (Wildman–Crippen MR) is 81.1 cm³/mol. The van der Waals surface area contributed by atoms with Gasteiger partial charge in [-0.05, 0) is 31.9 Å². The highest BCUT2D eigenvalue weighted by Crippen LogP contribution is 2.40. The summed E-state index contributed by atoms with van der Waals surface area (Å²) in [4.78, 5) is 24.1. The van der Waals surface area contributed by atoms with Crippen molar-refractivity contribution in [2.24, 2.45) is 11.8 Å². The zero-order chi connectivity index (χ0) is 15.4. The molecule has 2 N–H and O–H groups in total. The first kappa shape index (κ1) is 15.4. The van der Waals surface area contributed by atoms with Crippen LogP contribution in [0.3, 0.4) is 0 Å². The summed E-state index contributed by atoms with van der Waals surface area (Å²) in [5.74, 6) is 0.0353. The molecule has 1 fully saturated rings. The van der Waals surface area contributed by atoms with Crippen LogP contribution in [-0.2, 0) is 9.59 Å². The van der Waals surface area contributed by atoms with E-state index in [-0.39, 0.29) is 29.7 Å². The Balaban J connectivity index is 1.90. The van der Waals surface area contributed by atoms with Crippen molar-refractivity contribution >= 4 is 17.5 Å². The van der Waals surface area contributed by atoms with Crippen LogP contribution >= 0.6 is 0 Å². The van der Waals surface area contributed by atoms with Crippen LogP contribution in [0.4, 0.5) is 5.69 Å². The van der Waals surface area contributed by atoms with Crippen molar-refractivity contribution in [1.29, 1.82) is 0 Å². The van der Waals surface area contributed by atoms with E-state index in [2.05, 4.69) is 10.6 Å². The molecular weight excluding hydrogens is 268 g/mol. The third-order valence-electron chi connectivity index (χ3n) is 3.83. The molecule has 3 atom stereocenters. The number of methoxy groups -OCH3 is 1. The molecule has 1 aliphatic carbocycles. The van der Waals surface area contributed by atoms with Crippen LogP contribution in [0.1, 0.15) is 26.7 Å². The van der Waals surface area contributed by atoms with E-state index in [9.17, 15) is 9.59 Å². The van der Waals surface area contributed by atoms with Crippen molar-refractivity contribution in [3.63, 3.8) is 0 Å². The molecule has 5 nitrogen and oxygen atoms in total. The summed E-state index contributed by atoms with van der Waals surface area (Å²) in [6.45, 7) is 3.98. The molecule has 1 aromatic rings. The molecule has 1 aliphatic rings. The second-order valence-electron chi connectivity index (χ2n) is 5.46. The molecule has 0 bridgehead atoms. The molecular formula is C16H22N2O3. The lowest BCUT2D eigenvalue weighted by molar-refractivity contribution is -0.125. The SMILES string of the molecule is CCC(C)NC(=O)C1CC1C(=O)Nc1ccccc1OC. The fourth-order valence-corrected chi connectivity index (χ4v) is 2.20. The molecule has 2 amide bonds. The number of hydrogen-bond donors (Lipinski definition) is 2. The molecule has 21 heavy (non-hydrogen) atoms. The Bertz CT molecular complexity index is 530. The molecule has 1 saturated carbocycles. The smallest absolute Gasteiger partial charge is 0.228 e. The van der Waals surface area contributed by atoms with E-state index in [0.717, 1.165) is 6.42 Å². The normalized spacial score (nSPS) is 21.3. The highest BCUT2D eigenvalue weighted by Gasteiger charge is 2.48. The molecule has 0 aliphatic heterocycles. The maximum atomic E-state index is 12.2. The maximum absolute atomic E-state index is 12.2. The van der Waals surface area contributed by atoms with E-state index in [0.29, 0.717) is 17.9 Å². The Morgan fingerprint density at radius 2 is 1.95 bits per heavy atom. The largest absolute Gasteiger partial charge is 0.495 e. The highest BCUT2D eigenvalue weighted by atomic mass is 16.5. The zero-order valence-corrected chi connectivity index (χ0v) is 12.7. The van der Waals surface area contributed by atoms with Gasteiger partial charge in [-0.15, -0.1) is 0 Å². The van der Waals surface area contributed by atoms with Crippen LogP contribution in [0.5, 0.6) is 5.75 Å². The van der Waals surface area contributed by atoms with Crippen molar-refractivity contribution in [2.45, 2.75) is 32.7 Å².